The Bertz CT molecular complexity index is 853. The molecule has 4 rings (SSSR count). The number of ether oxygens (including phenoxy) is 1. The normalized spacial score (nSPS) is 22.0. The standard InChI is InChI=1S/C21H20F3N3O.Mn/c22-21(23,24)14-25-16-8-2-3-9-17(16)26-20-15-7-1-4-10-19(15)28-13-18(20)27-11-5-6-12-27;/h1-4,7,9-10,18,20,26H,5-6,11-13H2;/q-2;+2. The molecule has 4 nitrogen and oxygen atoms in total. The number of nitrogens with zero attached hydrogens (tertiary/aromatic N) is 2. The molecule has 2 unspecified atom stereocenters. The Morgan fingerprint density at radius 3 is 2.66 bits per heavy atom. The van der Waals surface area contributed by atoms with Gasteiger partial charge < -0.3 is 15.0 Å². The molecule has 153 valence electrons. The molecule has 2 aliphatic rings. The molecular formula is C21H20F3MnN3O. The average molecular weight is 442 g/mol. The zero-order valence-electron chi connectivity index (χ0n) is 15.5. The minimum atomic E-state index is -4.59. The number of aliphatic imine (C=N–C) groups is 1. The van der Waals surface area contributed by atoms with Crippen molar-refractivity contribution in [3.8, 4) is 5.75 Å². The van der Waals surface area contributed by atoms with Crippen molar-refractivity contribution in [1.29, 1.82) is 0 Å². The summed E-state index contributed by atoms with van der Waals surface area (Å²) in [6.07, 6.45) is -1.10. The fraction of sp³-hybridized carbons (Fsp3) is 0.381. The van der Waals surface area contributed by atoms with Gasteiger partial charge in [-0.05, 0) is 32.0 Å². The summed E-state index contributed by atoms with van der Waals surface area (Å²) in [5.74, 6) is 0.794. The maximum absolute atomic E-state index is 12.5. The van der Waals surface area contributed by atoms with Crippen molar-refractivity contribution in [2.75, 3.05) is 25.0 Å². The van der Waals surface area contributed by atoms with Crippen molar-refractivity contribution in [3.05, 3.63) is 54.1 Å². The van der Waals surface area contributed by atoms with Crippen LogP contribution >= 0.6 is 0 Å². The molecule has 2 heterocycles. The van der Waals surface area contributed by atoms with Crippen LogP contribution in [0.3, 0.4) is 0 Å². The van der Waals surface area contributed by atoms with Crippen LogP contribution in [-0.2, 0) is 17.1 Å². The zero-order chi connectivity index (χ0) is 19.6. The summed E-state index contributed by atoms with van der Waals surface area (Å²) in [6, 6.07) is 15.5. The number of likely N-dealkylation sites (tertiary alicyclic amines) is 1. The molecule has 0 amide bonds. The van der Waals surface area contributed by atoms with E-state index < -0.39 is 6.18 Å². The zero-order valence-corrected chi connectivity index (χ0v) is 16.7. The van der Waals surface area contributed by atoms with E-state index >= 15 is 0 Å². The van der Waals surface area contributed by atoms with Crippen molar-refractivity contribution in [3.63, 3.8) is 0 Å². The fourth-order valence-electron chi connectivity index (χ4n) is 3.83. The number of anilines is 1. The molecule has 2 aromatic rings. The van der Waals surface area contributed by atoms with Crippen molar-refractivity contribution >= 4 is 17.6 Å². The first-order valence-corrected chi connectivity index (χ1v) is 9.29. The van der Waals surface area contributed by atoms with Crippen LogP contribution < -0.4 is 10.1 Å². The van der Waals surface area contributed by atoms with Gasteiger partial charge in [-0.25, -0.2) is 0 Å². The van der Waals surface area contributed by atoms with Gasteiger partial charge in [0, 0.05) is 5.56 Å². The maximum atomic E-state index is 12.5. The van der Waals surface area contributed by atoms with E-state index in [4.69, 9.17) is 4.74 Å². The molecule has 0 bridgehead atoms. The number of fused-ring (bicyclic) bond motifs is 1. The molecule has 29 heavy (non-hydrogen) atoms. The molecule has 1 radical (unpaired) electrons. The average Bonchev–Trinajstić information content (AvgIpc) is 3.21. The van der Waals surface area contributed by atoms with E-state index in [0.29, 0.717) is 12.3 Å². The number of halogens is 3. The predicted octanol–water partition coefficient (Wildman–Crippen LogP) is 4.64. The Labute approximate surface area is 178 Å². The van der Waals surface area contributed by atoms with Gasteiger partial charge in [-0.2, -0.15) is 37.1 Å². The van der Waals surface area contributed by atoms with Gasteiger partial charge >= 0.3 is 23.2 Å². The van der Waals surface area contributed by atoms with Crippen LogP contribution in [0.5, 0.6) is 5.75 Å². The minimum Gasteiger partial charge on any atom is -0.491 e. The summed E-state index contributed by atoms with van der Waals surface area (Å²) in [4.78, 5) is 5.86. The van der Waals surface area contributed by atoms with Gasteiger partial charge in [-0.15, -0.1) is 5.69 Å². The van der Waals surface area contributed by atoms with Gasteiger partial charge in [0.15, 0.2) is 0 Å². The Morgan fingerprint density at radius 1 is 1.14 bits per heavy atom. The molecule has 2 atom stereocenters. The van der Waals surface area contributed by atoms with Crippen molar-refractivity contribution in [1.82, 2.24) is 4.90 Å². The third-order valence-electron chi connectivity index (χ3n) is 5.10. The molecule has 0 saturated carbocycles. The second-order valence-corrected chi connectivity index (χ2v) is 6.94. The summed E-state index contributed by atoms with van der Waals surface area (Å²) in [5.41, 5.74) is 1.57. The molecule has 2 aliphatic heterocycles. The van der Waals surface area contributed by atoms with Gasteiger partial charge in [0.2, 0.25) is 0 Å². The Balaban J connectivity index is 0.00000240. The van der Waals surface area contributed by atoms with Gasteiger partial charge in [-0.1, -0.05) is 24.4 Å². The van der Waals surface area contributed by atoms with Crippen LogP contribution in [0.4, 0.5) is 24.5 Å². The van der Waals surface area contributed by atoms with Crippen LogP contribution in [0.1, 0.15) is 24.4 Å². The largest absolute Gasteiger partial charge is 2.00 e. The van der Waals surface area contributed by atoms with Gasteiger partial charge in [0.1, 0.15) is 12.4 Å². The van der Waals surface area contributed by atoms with E-state index in [1.807, 2.05) is 24.3 Å². The molecule has 0 aliphatic carbocycles. The van der Waals surface area contributed by atoms with Crippen LogP contribution in [0.25, 0.3) is 0 Å². The molecule has 1 saturated heterocycles. The number of hydrogen-bond donors (Lipinski definition) is 1. The Hall–Kier alpha value is -2.02. The monoisotopic (exact) mass is 442 g/mol. The van der Waals surface area contributed by atoms with Gasteiger partial charge in [0.05, 0.1) is 12.1 Å². The van der Waals surface area contributed by atoms with E-state index in [1.54, 1.807) is 12.1 Å². The van der Waals surface area contributed by atoms with Crippen LogP contribution in [-0.4, -0.2) is 43.0 Å². The fourth-order valence-corrected chi connectivity index (χ4v) is 3.83. The number of hydrogen-bond acceptors (Lipinski definition) is 4. The summed E-state index contributed by atoms with van der Waals surface area (Å²) in [7, 11) is 0. The molecule has 8 heteroatoms. The first-order chi connectivity index (χ1) is 13.5. The van der Waals surface area contributed by atoms with E-state index in [2.05, 4.69) is 21.3 Å². The van der Waals surface area contributed by atoms with Gasteiger partial charge in [0.25, 0.3) is 0 Å². The number of rotatable bonds is 4. The first kappa shape index (κ1) is 21.7. The minimum absolute atomic E-state index is 0. The molecule has 1 N–H and O–H groups in total. The summed E-state index contributed by atoms with van der Waals surface area (Å²) in [5, 5.41) is 3.41. The van der Waals surface area contributed by atoms with Crippen LogP contribution in [0, 0.1) is 6.07 Å². The third kappa shape index (κ3) is 5.13. The first-order valence-electron chi connectivity index (χ1n) is 9.29. The smallest absolute Gasteiger partial charge is 0.491 e. The maximum Gasteiger partial charge on any atom is 2.00 e. The molecule has 0 spiro atoms. The number of benzene rings is 2. The van der Waals surface area contributed by atoms with E-state index in [-0.39, 0.29) is 34.8 Å². The molecule has 0 aromatic heterocycles. The summed E-state index contributed by atoms with van der Waals surface area (Å²) >= 11 is 0. The van der Waals surface area contributed by atoms with Crippen LogP contribution in [0.2, 0.25) is 0 Å². The third-order valence-corrected chi connectivity index (χ3v) is 5.10. The topological polar surface area (TPSA) is 36.9 Å². The van der Waals surface area contributed by atoms with E-state index in [9.17, 15) is 13.2 Å². The second-order valence-electron chi connectivity index (χ2n) is 6.94. The number of nitrogens with one attached hydrogen (secondary N) is 1. The number of para-hydroxylation sites is 2. The molecule has 1 fully saturated rings. The van der Waals surface area contributed by atoms with Crippen LogP contribution in [0.15, 0.2) is 47.5 Å². The quantitative estimate of drug-likeness (QED) is 0.426. The summed E-state index contributed by atoms with van der Waals surface area (Å²) < 4.78 is 43.6. The second kappa shape index (κ2) is 9.20. The van der Waals surface area contributed by atoms with Crippen molar-refractivity contribution in [2.24, 2.45) is 4.99 Å². The number of alkyl halides is 3. The molecular weight excluding hydrogens is 422 g/mol. The predicted molar refractivity (Wildman–Crippen MR) is 101 cm³/mol. The van der Waals surface area contributed by atoms with Crippen molar-refractivity contribution in [2.45, 2.75) is 31.1 Å². The van der Waals surface area contributed by atoms with E-state index in [1.165, 1.54) is 12.3 Å². The SMILES string of the molecule is FC(F)(F)[C-]=Nc1[c-]cccc1NC1c2ccccc2OCC1N1CCCC1.[Mn+2]. The summed E-state index contributed by atoms with van der Waals surface area (Å²) in [6.45, 7) is 2.50. The van der Waals surface area contributed by atoms with Gasteiger partial charge in [-0.3, -0.25) is 11.0 Å². The van der Waals surface area contributed by atoms with E-state index in [0.717, 1.165) is 37.2 Å². The van der Waals surface area contributed by atoms with Crippen molar-refractivity contribution < 1.29 is 35.0 Å². The molecule has 2 aromatic carbocycles. The Kier molecular flexibility index (Phi) is 6.88. The Morgan fingerprint density at radius 2 is 1.90 bits per heavy atom.